The number of halogens is 1. The molecule has 1 atom stereocenters. The second-order valence-electron chi connectivity index (χ2n) is 6.18. The van der Waals surface area contributed by atoms with Gasteiger partial charge in [-0.05, 0) is 32.8 Å². The quantitative estimate of drug-likeness (QED) is 0.379. The Hall–Kier alpha value is -1.58. The summed E-state index contributed by atoms with van der Waals surface area (Å²) in [6.45, 7) is 11.6. The van der Waals surface area contributed by atoms with Crippen LogP contribution in [0.25, 0.3) is 0 Å². The third-order valence-electron chi connectivity index (χ3n) is 4.07. The van der Waals surface area contributed by atoms with E-state index in [1.165, 1.54) is 11.3 Å². The van der Waals surface area contributed by atoms with Crippen LogP contribution in [0.15, 0.2) is 23.5 Å². The number of nitrogens with one attached hydrogen (secondary N) is 2. The van der Waals surface area contributed by atoms with Gasteiger partial charge >= 0.3 is 0 Å². The second kappa shape index (κ2) is 10.4. The van der Waals surface area contributed by atoms with Crippen molar-refractivity contribution in [2.24, 2.45) is 18.0 Å². The Balaban J connectivity index is 0.00000312. The molecule has 0 saturated heterocycles. The lowest BCUT2D eigenvalue weighted by Gasteiger charge is -2.16. The monoisotopic (exact) mass is 459 g/mol. The van der Waals surface area contributed by atoms with Crippen molar-refractivity contribution in [1.29, 1.82) is 0 Å². The average Bonchev–Trinajstić information content (AvgIpc) is 3.12. The zero-order valence-electron chi connectivity index (χ0n) is 15.8. The zero-order chi connectivity index (χ0) is 17.5. The lowest BCUT2D eigenvalue weighted by Crippen LogP contribution is -2.40. The van der Waals surface area contributed by atoms with Crippen molar-refractivity contribution in [2.75, 3.05) is 13.1 Å². The number of nitrogens with zero attached hydrogens (tertiary/aromatic N) is 5. The fourth-order valence-electron chi connectivity index (χ4n) is 2.61. The summed E-state index contributed by atoms with van der Waals surface area (Å²) in [5, 5.41) is 15.4. The maximum atomic E-state index is 4.71. The summed E-state index contributed by atoms with van der Waals surface area (Å²) in [5.74, 6) is 1.29. The van der Waals surface area contributed by atoms with E-state index in [0.717, 1.165) is 31.3 Å². The topological polar surface area (TPSA) is 72.1 Å². The number of hydrogen-bond acceptors (Lipinski definition) is 3. The van der Waals surface area contributed by atoms with Crippen molar-refractivity contribution >= 4 is 29.9 Å². The molecule has 0 aliphatic heterocycles. The molecule has 8 heteroatoms. The van der Waals surface area contributed by atoms with E-state index in [1.54, 1.807) is 0 Å². The Labute approximate surface area is 167 Å². The van der Waals surface area contributed by atoms with Gasteiger partial charge in [0.05, 0.1) is 12.2 Å². The lowest BCUT2D eigenvalue weighted by molar-refractivity contribution is 0.443. The van der Waals surface area contributed by atoms with E-state index in [-0.39, 0.29) is 24.0 Å². The maximum Gasteiger partial charge on any atom is 0.191 e. The standard InChI is InChI=1S/C17H29N7.HI/c1-6-18-17(19-10-13(2)12-24-9-7-8-21-24)20-11-16-14(3)22-23(5)15(16)4;/h7-9,13H,6,10-12H2,1-5H3,(H2,18,19,20);1H. The third-order valence-corrected chi connectivity index (χ3v) is 4.07. The van der Waals surface area contributed by atoms with Gasteiger partial charge in [0.15, 0.2) is 5.96 Å². The number of guanidine groups is 1. The van der Waals surface area contributed by atoms with Crippen LogP contribution in [-0.2, 0) is 20.1 Å². The van der Waals surface area contributed by atoms with Gasteiger partial charge < -0.3 is 10.6 Å². The minimum atomic E-state index is 0. The van der Waals surface area contributed by atoms with Crippen LogP contribution < -0.4 is 10.6 Å². The highest BCUT2D eigenvalue weighted by Gasteiger charge is 2.09. The molecular formula is C17H30IN7. The van der Waals surface area contributed by atoms with E-state index in [0.29, 0.717) is 12.5 Å². The summed E-state index contributed by atoms with van der Waals surface area (Å²) in [4.78, 5) is 4.71. The molecule has 0 fully saturated rings. The predicted molar refractivity (Wildman–Crippen MR) is 112 cm³/mol. The van der Waals surface area contributed by atoms with Crippen molar-refractivity contribution in [1.82, 2.24) is 30.2 Å². The first-order chi connectivity index (χ1) is 11.5. The molecule has 140 valence electrons. The van der Waals surface area contributed by atoms with Crippen LogP contribution in [0.5, 0.6) is 0 Å². The first-order valence-corrected chi connectivity index (χ1v) is 8.50. The number of aromatic nitrogens is 4. The van der Waals surface area contributed by atoms with Crippen LogP contribution in [0.2, 0.25) is 0 Å². The fourth-order valence-corrected chi connectivity index (χ4v) is 2.61. The molecular weight excluding hydrogens is 429 g/mol. The number of rotatable bonds is 7. The Morgan fingerprint density at radius 1 is 1.32 bits per heavy atom. The van der Waals surface area contributed by atoms with Crippen molar-refractivity contribution in [3.8, 4) is 0 Å². The molecule has 1 unspecified atom stereocenters. The molecule has 2 aromatic rings. The molecule has 2 aromatic heterocycles. The predicted octanol–water partition coefficient (Wildman–Crippen LogP) is 2.24. The molecule has 0 radical (unpaired) electrons. The van der Waals surface area contributed by atoms with E-state index >= 15 is 0 Å². The van der Waals surface area contributed by atoms with Crippen molar-refractivity contribution in [3.63, 3.8) is 0 Å². The van der Waals surface area contributed by atoms with Gasteiger partial charge in [0.25, 0.3) is 0 Å². The van der Waals surface area contributed by atoms with E-state index < -0.39 is 0 Å². The lowest BCUT2D eigenvalue weighted by atomic mass is 10.2. The molecule has 0 amide bonds. The SMILES string of the molecule is CCNC(=NCc1c(C)nn(C)c1C)NCC(C)Cn1cccn1.I. The maximum absolute atomic E-state index is 4.71. The normalized spacial score (nSPS) is 12.6. The summed E-state index contributed by atoms with van der Waals surface area (Å²) < 4.78 is 3.87. The van der Waals surface area contributed by atoms with Gasteiger partial charge in [0.1, 0.15) is 0 Å². The molecule has 0 aliphatic rings. The molecule has 2 heterocycles. The fraction of sp³-hybridized carbons (Fsp3) is 0.588. The van der Waals surface area contributed by atoms with E-state index in [9.17, 15) is 0 Å². The summed E-state index contributed by atoms with van der Waals surface area (Å²) in [7, 11) is 1.97. The summed E-state index contributed by atoms with van der Waals surface area (Å²) in [5.41, 5.74) is 3.40. The minimum Gasteiger partial charge on any atom is -0.357 e. The average molecular weight is 459 g/mol. The zero-order valence-corrected chi connectivity index (χ0v) is 18.1. The molecule has 2 N–H and O–H groups in total. The van der Waals surface area contributed by atoms with Crippen LogP contribution >= 0.6 is 24.0 Å². The Kier molecular flexibility index (Phi) is 8.95. The Bertz CT molecular complexity index is 661. The second-order valence-corrected chi connectivity index (χ2v) is 6.18. The van der Waals surface area contributed by atoms with Crippen molar-refractivity contribution in [2.45, 2.75) is 40.8 Å². The summed E-state index contributed by atoms with van der Waals surface area (Å²) in [6.07, 6.45) is 3.80. The molecule has 0 aromatic carbocycles. The van der Waals surface area contributed by atoms with Gasteiger partial charge in [-0.3, -0.25) is 9.36 Å². The highest BCUT2D eigenvalue weighted by atomic mass is 127. The summed E-state index contributed by atoms with van der Waals surface area (Å²) in [6, 6.07) is 1.95. The van der Waals surface area contributed by atoms with Crippen LogP contribution in [-0.4, -0.2) is 38.6 Å². The molecule has 0 bridgehead atoms. The molecule has 0 saturated carbocycles. The molecule has 2 rings (SSSR count). The van der Waals surface area contributed by atoms with Crippen LogP contribution in [0.4, 0.5) is 0 Å². The first kappa shape index (κ1) is 21.5. The Morgan fingerprint density at radius 3 is 2.64 bits per heavy atom. The van der Waals surface area contributed by atoms with Gasteiger partial charge in [-0.2, -0.15) is 10.2 Å². The van der Waals surface area contributed by atoms with Crippen molar-refractivity contribution in [3.05, 3.63) is 35.4 Å². The number of hydrogen-bond donors (Lipinski definition) is 2. The van der Waals surface area contributed by atoms with Crippen LogP contribution in [0, 0.1) is 19.8 Å². The van der Waals surface area contributed by atoms with E-state index in [2.05, 4.69) is 41.6 Å². The van der Waals surface area contributed by atoms with Gasteiger partial charge in [-0.15, -0.1) is 24.0 Å². The van der Waals surface area contributed by atoms with Crippen molar-refractivity contribution < 1.29 is 0 Å². The molecule has 0 aliphatic carbocycles. The van der Waals surface area contributed by atoms with Gasteiger partial charge in [-0.1, -0.05) is 6.92 Å². The highest BCUT2D eigenvalue weighted by molar-refractivity contribution is 14.0. The third kappa shape index (κ3) is 6.33. The van der Waals surface area contributed by atoms with Crippen LogP contribution in [0.1, 0.15) is 30.8 Å². The number of aliphatic imine (C=N–C) groups is 1. The van der Waals surface area contributed by atoms with Crippen LogP contribution in [0.3, 0.4) is 0 Å². The van der Waals surface area contributed by atoms with E-state index in [1.807, 2.05) is 41.8 Å². The smallest absolute Gasteiger partial charge is 0.191 e. The molecule has 7 nitrogen and oxygen atoms in total. The molecule has 25 heavy (non-hydrogen) atoms. The minimum absolute atomic E-state index is 0. The summed E-state index contributed by atoms with van der Waals surface area (Å²) >= 11 is 0. The first-order valence-electron chi connectivity index (χ1n) is 8.50. The number of aryl methyl sites for hydroxylation is 2. The van der Waals surface area contributed by atoms with Gasteiger partial charge in [0, 0.05) is 50.3 Å². The van der Waals surface area contributed by atoms with E-state index in [4.69, 9.17) is 4.99 Å². The molecule has 0 spiro atoms. The Morgan fingerprint density at radius 2 is 2.08 bits per heavy atom. The highest BCUT2D eigenvalue weighted by Crippen LogP contribution is 2.12. The van der Waals surface area contributed by atoms with Gasteiger partial charge in [-0.25, -0.2) is 4.99 Å². The van der Waals surface area contributed by atoms with Gasteiger partial charge in [0.2, 0.25) is 0 Å². The largest absolute Gasteiger partial charge is 0.357 e.